The van der Waals surface area contributed by atoms with E-state index in [1.54, 1.807) is 43.3 Å². The molecule has 5 nitrogen and oxygen atoms in total. The molecule has 0 aromatic heterocycles. The van der Waals surface area contributed by atoms with E-state index in [4.69, 9.17) is 9.47 Å². The lowest BCUT2D eigenvalue weighted by Gasteiger charge is -2.15. The highest BCUT2D eigenvalue weighted by molar-refractivity contribution is 5.92. The predicted octanol–water partition coefficient (Wildman–Crippen LogP) is 3.13. The second-order valence-corrected chi connectivity index (χ2v) is 5.27. The molecule has 1 atom stereocenters. The number of nitrogens with one attached hydrogen (secondary N) is 2. The molecule has 2 aromatic rings. The van der Waals surface area contributed by atoms with Crippen molar-refractivity contribution in [3.8, 4) is 11.5 Å². The third kappa shape index (κ3) is 4.70. The van der Waals surface area contributed by atoms with Gasteiger partial charge in [0.05, 0.1) is 20.8 Å². The highest BCUT2D eigenvalue weighted by Crippen LogP contribution is 2.25. The highest BCUT2D eigenvalue weighted by Gasteiger charge is 2.12. The van der Waals surface area contributed by atoms with Crippen molar-refractivity contribution in [3.63, 3.8) is 0 Å². The van der Waals surface area contributed by atoms with Gasteiger partial charge in [0, 0.05) is 35.5 Å². The van der Waals surface area contributed by atoms with E-state index in [1.165, 1.54) is 20.3 Å². The standard InChI is InChI=1S/C18H21FN2O3/c1-12(16-6-4-5-7-17(16)19)20-11-18(22)21-13-8-14(23-2)10-15(9-13)24-3/h4-10,12,20H,11H2,1-3H3,(H,21,22). The maximum absolute atomic E-state index is 13.7. The third-order valence-corrected chi connectivity index (χ3v) is 3.58. The number of halogens is 1. The molecule has 0 aliphatic rings. The Kier molecular flexibility index (Phi) is 6.14. The van der Waals surface area contributed by atoms with E-state index in [-0.39, 0.29) is 24.3 Å². The first kappa shape index (κ1) is 17.7. The summed E-state index contributed by atoms with van der Waals surface area (Å²) in [7, 11) is 3.08. The molecule has 0 aliphatic heterocycles. The zero-order valence-electron chi connectivity index (χ0n) is 13.9. The largest absolute Gasteiger partial charge is 0.497 e. The van der Waals surface area contributed by atoms with Crippen molar-refractivity contribution in [2.24, 2.45) is 0 Å². The Balaban J connectivity index is 1.95. The van der Waals surface area contributed by atoms with Crippen LogP contribution in [0.15, 0.2) is 42.5 Å². The van der Waals surface area contributed by atoms with Crippen molar-refractivity contribution in [2.75, 3.05) is 26.1 Å². The van der Waals surface area contributed by atoms with Crippen LogP contribution in [0.5, 0.6) is 11.5 Å². The average Bonchev–Trinajstić information content (AvgIpc) is 2.59. The fraction of sp³-hybridized carbons (Fsp3) is 0.278. The van der Waals surface area contributed by atoms with Crippen LogP contribution in [0, 0.1) is 5.82 Å². The third-order valence-electron chi connectivity index (χ3n) is 3.58. The molecule has 0 saturated heterocycles. The van der Waals surface area contributed by atoms with Crippen LogP contribution >= 0.6 is 0 Å². The second-order valence-electron chi connectivity index (χ2n) is 5.27. The first-order chi connectivity index (χ1) is 11.5. The zero-order chi connectivity index (χ0) is 17.5. The lowest BCUT2D eigenvalue weighted by molar-refractivity contribution is -0.115. The van der Waals surface area contributed by atoms with Gasteiger partial charge < -0.3 is 20.1 Å². The van der Waals surface area contributed by atoms with Gasteiger partial charge in [-0.15, -0.1) is 0 Å². The van der Waals surface area contributed by atoms with Gasteiger partial charge in [0.25, 0.3) is 0 Å². The van der Waals surface area contributed by atoms with Gasteiger partial charge in [-0.3, -0.25) is 4.79 Å². The van der Waals surface area contributed by atoms with Crippen LogP contribution in [-0.2, 0) is 4.79 Å². The van der Waals surface area contributed by atoms with Crippen molar-refractivity contribution in [1.82, 2.24) is 5.32 Å². The first-order valence-corrected chi connectivity index (χ1v) is 7.54. The average molecular weight is 332 g/mol. The molecule has 0 spiro atoms. The van der Waals surface area contributed by atoms with Crippen LogP contribution in [0.25, 0.3) is 0 Å². The van der Waals surface area contributed by atoms with E-state index in [9.17, 15) is 9.18 Å². The number of carbonyl (C=O) groups is 1. The summed E-state index contributed by atoms with van der Waals surface area (Å²) in [6.07, 6.45) is 0. The lowest BCUT2D eigenvalue weighted by Crippen LogP contribution is -2.30. The van der Waals surface area contributed by atoms with Crippen LogP contribution < -0.4 is 20.1 Å². The summed E-state index contributed by atoms with van der Waals surface area (Å²) < 4.78 is 24.0. The Morgan fingerprint density at radius 1 is 1.12 bits per heavy atom. The minimum atomic E-state index is -0.296. The quantitative estimate of drug-likeness (QED) is 0.818. The summed E-state index contributed by atoms with van der Waals surface area (Å²) in [4.78, 5) is 12.1. The summed E-state index contributed by atoms with van der Waals surface area (Å²) in [5.41, 5.74) is 1.09. The number of rotatable bonds is 7. The molecule has 0 heterocycles. The normalized spacial score (nSPS) is 11.7. The Hall–Kier alpha value is -2.60. The Bertz CT molecular complexity index is 684. The van der Waals surface area contributed by atoms with Gasteiger partial charge in [-0.2, -0.15) is 0 Å². The van der Waals surface area contributed by atoms with Crippen molar-refractivity contribution >= 4 is 11.6 Å². The van der Waals surface area contributed by atoms with Crippen LogP contribution in [-0.4, -0.2) is 26.7 Å². The van der Waals surface area contributed by atoms with E-state index < -0.39 is 0 Å². The maximum Gasteiger partial charge on any atom is 0.238 e. The minimum absolute atomic E-state index is 0.0506. The number of ether oxygens (including phenoxy) is 2. The van der Waals surface area contributed by atoms with Crippen molar-refractivity contribution in [1.29, 1.82) is 0 Å². The van der Waals surface area contributed by atoms with Crippen LogP contribution in [0.4, 0.5) is 10.1 Å². The number of hydrogen-bond acceptors (Lipinski definition) is 4. The fourth-order valence-electron chi connectivity index (χ4n) is 2.27. The Morgan fingerprint density at radius 3 is 2.33 bits per heavy atom. The van der Waals surface area contributed by atoms with Crippen LogP contribution in [0.3, 0.4) is 0 Å². The summed E-state index contributed by atoms with van der Waals surface area (Å²) in [6, 6.07) is 11.3. The van der Waals surface area contributed by atoms with Gasteiger partial charge in [-0.05, 0) is 13.0 Å². The molecular weight excluding hydrogens is 311 g/mol. The molecule has 0 aliphatic carbocycles. The molecule has 0 fully saturated rings. The first-order valence-electron chi connectivity index (χ1n) is 7.54. The SMILES string of the molecule is COc1cc(NC(=O)CNC(C)c2ccccc2F)cc(OC)c1. The molecule has 0 saturated carbocycles. The Labute approximate surface area is 140 Å². The van der Waals surface area contributed by atoms with Gasteiger partial charge in [-0.1, -0.05) is 18.2 Å². The molecule has 6 heteroatoms. The number of carbonyl (C=O) groups excluding carboxylic acids is 1. The Morgan fingerprint density at radius 2 is 1.75 bits per heavy atom. The van der Waals surface area contributed by atoms with Crippen LogP contribution in [0.2, 0.25) is 0 Å². The number of anilines is 1. The molecule has 2 rings (SSSR count). The molecule has 2 aromatic carbocycles. The van der Waals surface area contributed by atoms with Gasteiger partial charge in [0.2, 0.25) is 5.91 Å². The smallest absolute Gasteiger partial charge is 0.238 e. The number of amides is 1. The molecule has 1 amide bonds. The van der Waals surface area contributed by atoms with Gasteiger partial charge >= 0.3 is 0 Å². The van der Waals surface area contributed by atoms with Gasteiger partial charge in [0.15, 0.2) is 0 Å². The van der Waals surface area contributed by atoms with Gasteiger partial charge in [-0.25, -0.2) is 4.39 Å². The zero-order valence-corrected chi connectivity index (χ0v) is 13.9. The number of benzene rings is 2. The predicted molar refractivity (Wildman–Crippen MR) is 91.0 cm³/mol. The van der Waals surface area contributed by atoms with E-state index in [1.807, 2.05) is 0 Å². The molecule has 128 valence electrons. The lowest BCUT2D eigenvalue weighted by atomic mass is 10.1. The molecule has 2 N–H and O–H groups in total. The topological polar surface area (TPSA) is 59.6 Å². The highest BCUT2D eigenvalue weighted by atomic mass is 19.1. The van der Waals surface area contributed by atoms with Crippen molar-refractivity contribution in [3.05, 3.63) is 53.8 Å². The maximum atomic E-state index is 13.7. The molecule has 24 heavy (non-hydrogen) atoms. The molecule has 0 bridgehead atoms. The molecular formula is C18H21FN2O3. The second kappa shape index (κ2) is 8.31. The van der Waals surface area contributed by atoms with E-state index in [0.29, 0.717) is 22.7 Å². The summed E-state index contributed by atoms with van der Waals surface area (Å²) >= 11 is 0. The number of methoxy groups -OCH3 is 2. The van der Waals surface area contributed by atoms with E-state index in [0.717, 1.165) is 0 Å². The minimum Gasteiger partial charge on any atom is -0.497 e. The van der Waals surface area contributed by atoms with Crippen LogP contribution in [0.1, 0.15) is 18.5 Å². The van der Waals surface area contributed by atoms with E-state index in [2.05, 4.69) is 10.6 Å². The number of hydrogen-bond donors (Lipinski definition) is 2. The monoisotopic (exact) mass is 332 g/mol. The fourth-order valence-corrected chi connectivity index (χ4v) is 2.27. The van der Waals surface area contributed by atoms with E-state index >= 15 is 0 Å². The summed E-state index contributed by atoms with van der Waals surface area (Å²) in [5, 5.41) is 5.76. The molecule has 1 unspecified atom stereocenters. The van der Waals surface area contributed by atoms with Crippen molar-refractivity contribution < 1.29 is 18.7 Å². The summed E-state index contributed by atoms with van der Waals surface area (Å²) in [5.74, 6) is 0.624. The van der Waals surface area contributed by atoms with Crippen molar-refractivity contribution in [2.45, 2.75) is 13.0 Å². The summed E-state index contributed by atoms with van der Waals surface area (Å²) in [6.45, 7) is 1.86. The molecule has 0 radical (unpaired) electrons. The van der Waals surface area contributed by atoms with Gasteiger partial charge in [0.1, 0.15) is 17.3 Å².